The highest BCUT2D eigenvalue weighted by atomic mass is 16.5. The number of aliphatic hydroxyl groups excluding tert-OH is 1. The molecule has 0 rings (SSSR count). The fraction of sp³-hybridized carbons (Fsp3) is 1.00. The van der Waals surface area contributed by atoms with E-state index in [-0.39, 0.29) is 12.7 Å². The van der Waals surface area contributed by atoms with Gasteiger partial charge in [-0.05, 0) is 12.8 Å². The van der Waals surface area contributed by atoms with Crippen LogP contribution in [0.4, 0.5) is 0 Å². The van der Waals surface area contributed by atoms with Gasteiger partial charge in [-0.15, -0.1) is 0 Å². The molecule has 0 aromatic heterocycles. The number of hydrogen-bond donors (Lipinski definition) is 1. The van der Waals surface area contributed by atoms with Gasteiger partial charge in [-0.3, -0.25) is 0 Å². The van der Waals surface area contributed by atoms with Gasteiger partial charge in [0.25, 0.3) is 0 Å². The molecule has 0 aromatic carbocycles. The lowest BCUT2D eigenvalue weighted by atomic mass is 10.2. The van der Waals surface area contributed by atoms with E-state index in [2.05, 4.69) is 13.8 Å². The molecular weight excluding hydrogens is 140 g/mol. The third-order valence-electron chi connectivity index (χ3n) is 1.64. The van der Waals surface area contributed by atoms with Crippen LogP contribution in [0.15, 0.2) is 0 Å². The Bertz CT molecular complexity index is 66.0. The summed E-state index contributed by atoms with van der Waals surface area (Å²) in [6.45, 7) is 5.16. The van der Waals surface area contributed by atoms with E-state index in [1.54, 1.807) is 0 Å². The Morgan fingerprint density at radius 2 is 2.00 bits per heavy atom. The van der Waals surface area contributed by atoms with Crippen molar-refractivity contribution in [1.29, 1.82) is 0 Å². The van der Waals surface area contributed by atoms with Gasteiger partial charge < -0.3 is 9.84 Å². The molecule has 1 atom stereocenters. The Kier molecular flexibility index (Phi) is 7.96. The van der Waals surface area contributed by atoms with Crippen molar-refractivity contribution in [3.8, 4) is 0 Å². The number of aliphatic hydroxyl groups is 1. The highest BCUT2D eigenvalue weighted by Crippen LogP contribution is 2.04. The molecule has 0 bridgehead atoms. The van der Waals surface area contributed by atoms with Crippen LogP contribution in [0.1, 0.15) is 39.5 Å². The molecule has 0 amide bonds. The van der Waals surface area contributed by atoms with Crippen molar-refractivity contribution >= 4 is 0 Å². The van der Waals surface area contributed by atoms with Gasteiger partial charge in [-0.2, -0.15) is 0 Å². The van der Waals surface area contributed by atoms with Gasteiger partial charge in [0.2, 0.25) is 0 Å². The fourth-order valence-electron chi connectivity index (χ4n) is 0.944. The Morgan fingerprint density at radius 1 is 1.27 bits per heavy atom. The summed E-state index contributed by atoms with van der Waals surface area (Å²) in [5, 5.41) is 8.85. The number of rotatable bonds is 7. The number of hydrogen-bond acceptors (Lipinski definition) is 2. The molecule has 0 unspecified atom stereocenters. The van der Waals surface area contributed by atoms with E-state index < -0.39 is 0 Å². The zero-order valence-electron chi connectivity index (χ0n) is 7.68. The van der Waals surface area contributed by atoms with Crippen LogP contribution >= 0.6 is 0 Å². The van der Waals surface area contributed by atoms with E-state index in [1.165, 1.54) is 6.42 Å². The predicted octanol–water partition coefficient (Wildman–Crippen LogP) is 1.96. The normalized spacial score (nSPS) is 13.4. The first-order chi connectivity index (χ1) is 5.35. The standard InChI is InChI=1S/C9H20O2/c1-3-5-6-9(8-10)11-7-4-2/h9-10H,3-8H2,1-2H3/t9-/m0/s1. The lowest BCUT2D eigenvalue weighted by Gasteiger charge is -2.13. The predicted molar refractivity (Wildman–Crippen MR) is 46.6 cm³/mol. The molecule has 11 heavy (non-hydrogen) atoms. The molecule has 0 saturated carbocycles. The fourth-order valence-corrected chi connectivity index (χ4v) is 0.944. The second-order valence-corrected chi connectivity index (χ2v) is 2.82. The summed E-state index contributed by atoms with van der Waals surface area (Å²) >= 11 is 0. The van der Waals surface area contributed by atoms with Gasteiger partial charge >= 0.3 is 0 Å². The van der Waals surface area contributed by atoms with Crippen molar-refractivity contribution < 1.29 is 9.84 Å². The van der Waals surface area contributed by atoms with Gasteiger partial charge in [0.1, 0.15) is 0 Å². The molecule has 0 aliphatic carbocycles. The summed E-state index contributed by atoms with van der Waals surface area (Å²) < 4.78 is 5.39. The van der Waals surface area contributed by atoms with Crippen molar-refractivity contribution in [2.24, 2.45) is 0 Å². The molecule has 0 saturated heterocycles. The summed E-state index contributed by atoms with van der Waals surface area (Å²) in [5.74, 6) is 0. The van der Waals surface area contributed by atoms with Gasteiger partial charge in [0.15, 0.2) is 0 Å². The van der Waals surface area contributed by atoms with Crippen LogP contribution < -0.4 is 0 Å². The van der Waals surface area contributed by atoms with Gasteiger partial charge in [0.05, 0.1) is 12.7 Å². The molecular formula is C9H20O2. The van der Waals surface area contributed by atoms with E-state index in [1.807, 2.05) is 0 Å². The molecule has 0 spiro atoms. The Morgan fingerprint density at radius 3 is 2.45 bits per heavy atom. The Balaban J connectivity index is 3.25. The van der Waals surface area contributed by atoms with Crippen LogP contribution in [0.5, 0.6) is 0 Å². The summed E-state index contributed by atoms with van der Waals surface area (Å²) in [6.07, 6.45) is 4.42. The maximum absolute atomic E-state index is 8.85. The monoisotopic (exact) mass is 160 g/mol. The lowest BCUT2D eigenvalue weighted by molar-refractivity contribution is 0.00734. The smallest absolute Gasteiger partial charge is 0.0805 e. The first-order valence-corrected chi connectivity index (χ1v) is 4.57. The van der Waals surface area contributed by atoms with E-state index in [9.17, 15) is 0 Å². The molecule has 0 aliphatic rings. The van der Waals surface area contributed by atoms with Crippen molar-refractivity contribution in [3.63, 3.8) is 0 Å². The number of ether oxygens (including phenoxy) is 1. The number of unbranched alkanes of at least 4 members (excludes halogenated alkanes) is 1. The minimum atomic E-state index is 0.0786. The van der Waals surface area contributed by atoms with Crippen molar-refractivity contribution in [2.75, 3.05) is 13.2 Å². The van der Waals surface area contributed by atoms with Crippen LogP contribution in [-0.4, -0.2) is 24.4 Å². The summed E-state index contributed by atoms with van der Waals surface area (Å²) in [5.41, 5.74) is 0. The lowest BCUT2D eigenvalue weighted by Crippen LogP contribution is -2.17. The van der Waals surface area contributed by atoms with Crippen LogP contribution in [0.2, 0.25) is 0 Å². The molecule has 2 nitrogen and oxygen atoms in total. The molecule has 0 radical (unpaired) electrons. The van der Waals surface area contributed by atoms with E-state index in [4.69, 9.17) is 9.84 Å². The quantitative estimate of drug-likeness (QED) is 0.617. The van der Waals surface area contributed by atoms with Gasteiger partial charge in [-0.25, -0.2) is 0 Å². The minimum absolute atomic E-state index is 0.0786. The molecule has 0 aliphatic heterocycles. The average Bonchev–Trinajstić information content (AvgIpc) is 2.05. The molecule has 68 valence electrons. The van der Waals surface area contributed by atoms with Crippen molar-refractivity contribution in [2.45, 2.75) is 45.6 Å². The zero-order valence-corrected chi connectivity index (χ0v) is 7.68. The maximum Gasteiger partial charge on any atom is 0.0805 e. The van der Waals surface area contributed by atoms with Crippen LogP contribution in [0.25, 0.3) is 0 Å². The average molecular weight is 160 g/mol. The molecule has 0 fully saturated rings. The van der Waals surface area contributed by atoms with Crippen LogP contribution in [-0.2, 0) is 4.74 Å². The summed E-state index contributed by atoms with van der Waals surface area (Å²) in [6, 6.07) is 0. The van der Waals surface area contributed by atoms with Crippen LogP contribution in [0.3, 0.4) is 0 Å². The van der Waals surface area contributed by atoms with Crippen molar-refractivity contribution in [1.82, 2.24) is 0 Å². The van der Waals surface area contributed by atoms with E-state index in [0.717, 1.165) is 25.9 Å². The molecule has 0 heterocycles. The summed E-state index contributed by atoms with van der Waals surface area (Å²) in [4.78, 5) is 0. The minimum Gasteiger partial charge on any atom is -0.394 e. The first kappa shape index (κ1) is 10.9. The van der Waals surface area contributed by atoms with Crippen molar-refractivity contribution in [3.05, 3.63) is 0 Å². The van der Waals surface area contributed by atoms with Gasteiger partial charge in [0, 0.05) is 6.61 Å². The maximum atomic E-state index is 8.85. The SMILES string of the molecule is CCCC[C@@H](CO)OCCC. The zero-order chi connectivity index (χ0) is 8.53. The summed E-state index contributed by atoms with van der Waals surface area (Å²) in [7, 11) is 0. The van der Waals surface area contributed by atoms with Crippen LogP contribution in [0, 0.1) is 0 Å². The molecule has 1 N–H and O–H groups in total. The third kappa shape index (κ3) is 6.32. The van der Waals surface area contributed by atoms with E-state index >= 15 is 0 Å². The second kappa shape index (κ2) is 8.02. The third-order valence-corrected chi connectivity index (χ3v) is 1.64. The largest absolute Gasteiger partial charge is 0.394 e. The van der Waals surface area contributed by atoms with Gasteiger partial charge in [-0.1, -0.05) is 26.7 Å². The Hall–Kier alpha value is -0.0800. The molecule has 2 heteroatoms. The topological polar surface area (TPSA) is 29.5 Å². The highest BCUT2D eigenvalue weighted by molar-refractivity contribution is 4.54. The van der Waals surface area contributed by atoms with E-state index in [0.29, 0.717) is 0 Å². The molecule has 0 aromatic rings. The Labute approximate surface area is 69.6 Å². The first-order valence-electron chi connectivity index (χ1n) is 4.57. The highest BCUT2D eigenvalue weighted by Gasteiger charge is 2.04. The second-order valence-electron chi connectivity index (χ2n) is 2.82.